The summed E-state index contributed by atoms with van der Waals surface area (Å²) in [4.78, 5) is -0.0875. The van der Waals surface area contributed by atoms with Gasteiger partial charge in [-0.15, -0.1) is 0 Å². The van der Waals surface area contributed by atoms with Crippen LogP contribution in [0.1, 0.15) is 31.2 Å². The fraction of sp³-hybridized carbons (Fsp3) is 0.263. The molecule has 0 amide bonds. The number of benzene rings is 2. The van der Waals surface area contributed by atoms with E-state index in [2.05, 4.69) is 4.72 Å². The maximum Gasteiger partial charge on any atom is 0.241 e. The summed E-state index contributed by atoms with van der Waals surface area (Å²) in [7, 11) is -3.90. The zero-order valence-electron chi connectivity index (χ0n) is 14.7. The summed E-state index contributed by atoms with van der Waals surface area (Å²) in [5.41, 5.74) is 1.03. The second-order valence-electron chi connectivity index (χ2n) is 6.01. The van der Waals surface area contributed by atoms with Gasteiger partial charge in [-0.05, 0) is 50.6 Å². The fourth-order valence-corrected chi connectivity index (χ4v) is 4.22. The molecule has 5 nitrogen and oxygen atoms in total. The lowest BCUT2D eigenvalue weighted by Gasteiger charge is -2.13. The van der Waals surface area contributed by atoms with Gasteiger partial charge >= 0.3 is 0 Å². The van der Waals surface area contributed by atoms with Crippen molar-refractivity contribution in [1.82, 2.24) is 4.72 Å². The van der Waals surface area contributed by atoms with Gasteiger partial charge in [0.2, 0.25) is 10.0 Å². The van der Waals surface area contributed by atoms with Gasteiger partial charge in [-0.2, -0.15) is 0 Å². The molecule has 0 saturated carbocycles. The Morgan fingerprint density at radius 1 is 1.23 bits per heavy atom. The van der Waals surface area contributed by atoms with Gasteiger partial charge in [-0.25, -0.2) is 17.5 Å². The summed E-state index contributed by atoms with van der Waals surface area (Å²) in [5, 5.41) is 0.818. The van der Waals surface area contributed by atoms with Crippen molar-refractivity contribution in [3.63, 3.8) is 0 Å². The van der Waals surface area contributed by atoms with E-state index in [9.17, 15) is 12.8 Å². The number of hydrogen-bond acceptors (Lipinski definition) is 4. The van der Waals surface area contributed by atoms with Gasteiger partial charge in [0, 0.05) is 5.39 Å². The van der Waals surface area contributed by atoms with E-state index in [4.69, 9.17) is 9.15 Å². The Morgan fingerprint density at radius 3 is 2.73 bits per heavy atom. The summed E-state index contributed by atoms with van der Waals surface area (Å²) < 4.78 is 52.6. The van der Waals surface area contributed by atoms with Crippen LogP contribution in [0.15, 0.2) is 51.8 Å². The summed E-state index contributed by atoms with van der Waals surface area (Å²) in [6, 6.07) is 10.3. The molecule has 0 bridgehead atoms. The zero-order valence-corrected chi connectivity index (χ0v) is 15.6. The first-order chi connectivity index (χ1) is 12.3. The highest BCUT2D eigenvalue weighted by atomic mass is 32.2. The average molecular weight is 377 g/mol. The Balaban J connectivity index is 1.92. The number of fused-ring (bicyclic) bond motifs is 1. The lowest BCUT2D eigenvalue weighted by molar-refractivity contribution is 0.336. The topological polar surface area (TPSA) is 68.5 Å². The minimum Gasteiger partial charge on any atom is -0.490 e. The maximum atomic E-state index is 13.5. The van der Waals surface area contributed by atoms with E-state index >= 15 is 0 Å². The summed E-state index contributed by atoms with van der Waals surface area (Å²) in [6.07, 6.45) is 0. The summed E-state index contributed by atoms with van der Waals surface area (Å²) in [6.45, 7) is 5.66. The van der Waals surface area contributed by atoms with Gasteiger partial charge < -0.3 is 9.15 Å². The molecule has 1 N–H and O–H groups in total. The van der Waals surface area contributed by atoms with Crippen LogP contribution in [0.2, 0.25) is 0 Å². The number of rotatable bonds is 6. The summed E-state index contributed by atoms with van der Waals surface area (Å²) >= 11 is 0. The molecule has 0 spiro atoms. The third kappa shape index (κ3) is 3.59. The maximum absolute atomic E-state index is 13.5. The van der Waals surface area contributed by atoms with Crippen LogP contribution in [0.3, 0.4) is 0 Å². The van der Waals surface area contributed by atoms with Gasteiger partial charge in [-0.1, -0.05) is 18.2 Å². The van der Waals surface area contributed by atoms with Crippen molar-refractivity contribution in [3.05, 3.63) is 59.6 Å². The highest BCUT2D eigenvalue weighted by Gasteiger charge is 2.23. The van der Waals surface area contributed by atoms with Crippen LogP contribution in [-0.2, 0) is 10.0 Å². The van der Waals surface area contributed by atoms with Crippen molar-refractivity contribution in [2.45, 2.75) is 31.7 Å². The van der Waals surface area contributed by atoms with Gasteiger partial charge in [0.25, 0.3) is 0 Å². The average Bonchev–Trinajstić information content (AvgIpc) is 3.02. The molecular weight excluding hydrogens is 357 g/mol. The standard InChI is InChI=1S/C19H20FNO4S/c1-4-24-16-7-5-6-14-10-17(25-19(14)16)13(3)21-26(22,23)18-11-15(20)9-8-12(18)2/h5-11,13,21H,4H2,1-3H3. The quantitative estimate of drug-likeness (QED) is 0.695. The van der Waals surface area contributed by atoms with Crippen LogP contribution in [-0.4, -0.2) is 15.0 Å². The Kier molecular flexibility index (Phi) is 5.02. The van der Waals surface area contributed by atoms with Crippen molar-refractivity contribution in [1.29, 1.82) is 0 Å². The first kappa shape index (κ1) is 18.4. The van der Waals surface area contributed by atoms with Crippen molar-refractivity contribution in [2.75, 3.05) is 6.61 Å². The monoisotopic (exact) mass is 377 g/mol. The van der Waals surface area contributed by atoms with E-state index in [-0.39, 0.29) is 4.90 Å². The molecule has 1 unspecified atom stereocenters. The highest BCUT2D eigenvalue weighted by molar-refractivity contribution is 7.89. The first-order valence-corrected chi connectivity index (χ1v) is 9.74. The Hall–Kier alpha value is -2.38. The number of sulfonamides is 1. The number of furan rings is 1. The molecule has 0 aliphatic rings. The van der Waals surface area contributed by atoms with Crippen molar-refractivity contribution in [3.8, 4) is 5.75 Å². The van der Waals surface area contributed by atoms with Crippen LogP contribution < -0.4 is 9.46 Å². The lowest BCUT2D eigenvalue weighted by atomic mass is 10.2. The number of nitrogens with one attached hydrogen (secondary N) is 1. The lowest BCUT2D eigenvalue weighted by Crippen LogP contribution is -2.27. The smallest absolute Gasteiger partial charge is 0.241 e. The largest absolute Gasteiger partial charge is 0.490 e. The van der Waals surface area contributed by atoms with E-state index < -0.39 is 21.9 Å². The SMILES string of the molecule is CCOc1cccc2cc(C(C)NS(=O)(=O)c3cc(F)ccc3C)oc12. The minimum absolute atomic E-state index is 0.0875. The Bertz CT molecular complexity index is 1040. The van der Waals surface area contributed by atoms with Crippen LogP contribution in [0.5, 0.6) is 5.75 Å². The normalized spacial score (nSPS) is 13.1. The number of halogens is 1. The Labute approximate surface area is 151 Å². The molecule has 0 fully saturated rings. The van der Waals surface area contributed by atoms with Gasteiger partial charge in [0.05, 0.1) is 17.5 Å². The van der Waals surface area contributed by atoms with Gasteiger partial charge in [0.1, 0.15) is 11.6 Å². The highest BCUT2D eigenvalue weighted by Crippen LogP contribution is 2.31. The van der Waals surface area contributed by atoms with Crippen molar-refractivity contribution in [2.24, 2.45) is 0 Å². The van der Waals surface area contributed by atoms with E-state index in [1.165, 1.54) is 12.1 Å². The molecule has 1 atom stereocenters. The van der Waals surface area contributed by atoms with Crippen molar-refractivity contribution < 1.29 is 22.0 Å². The molecule has 1 heterocycles. The fourth-order valence-electron chi connectivity index (χ4n) is 2.76. The van der Waals surface area contributed by atoms with Crippen LogP contribution in [0, 0.1) is 12.7 Å². The molecule has 2 aromatic carbocycles. The number of aryl methyl sites for hydroxylation is 1. The molecule has 138 valence electrons. The van der Waals surface area contributed by atoms with E-state index in [0.29, 0.717) is 29.3 Å². The van der Waals surface area contributed by atoms with Gasteiger partial charge in [0.15, 0.2) is 11.3 Å². The second kappa shape index (κ2) is 7.09. The number of para-hydroxylation sites is 1. The molecule has 0 aliphatic heterocycles. The summed E-state index contributed by atoms with van der Waals surface area (Å²) in [5.74, 6) is 0.450. The Morgan fingerprint density at radius 2 is 2.00 bits per heavy atom. The molecule has 0 radical (unpaired) electrons. The molecule has 3 aromatic rings. The molecule has 1 aromatic heterocycles. The number of hydrogen-bond donors (Lipinski definition) is 1. The van der Waals surface area contributed by atoms with Crippen LogP contribution >= 0.6 is 0 Å². The van der Waals surface area contributed by atoms with Crippen LogP contribution in [0.25, 0.3) is 11.0 Å². The minimum atomic E-state index is -3.90. The van der Waals surface area contributed by atoms with Crippen LogP contribution in [0.4, 0.5) is 4.39 Å². The molecule has 7 heteroatoms. The first-order valence-electron chi connectivity index (χ1n) is 8.25. The van der Waals surface area contributed by atoms with E-state index in [1.54, 1.807) is 26.0 Å². The zero-order chi connectivity index (χ0) is 18.9. The van der Waals surface area contributed by atoms with E-state index in [1.807, 2.05) is 19.1 Å². The molecular formula is C19H20FNO4S. The predicted octanol–water partition coefficient (Wildman–Crippen LogP) is 4.32. The number of ether oxygens (including phenoxy) is 1. The molecule has 3 rings (SSSR count). The third-order valence-corrected chi connectivity index (χ3v) is 5.71. The third-order valence-electron chi connectivity index (χ3n) is 4.03. The second-order valence-corrected chi connectivity index (χ2v) is 7.69. The van der Waals surface area contributed by atoms with Gasteiger partial charge in [-0.3, -0.25) is 0 Å². The predicted molar refractivity (Wildman–Crippen MR) is 97.3 cm³/mol. The van der Waals surface area contributed by atoms with E-state index in [0.717, 1.165) is 11.5 Å². The molecule has 0 aliphatic carbocycles. The molecule has 26 heavy (non-hydrogen) atoms. The van der Waals surface area contributed by atoms with Crippen molar-refractivity contribution >= 4 is 21.0 Å². The molecule has 0 saturated heterocycles.